The van der Waals surface area contributed by atoms with E-state index in [4.69, 9.17) is 9.47 Å². The van der Waals surface area contributed by atoms with E-state index in [1.54, 1.807) is 0 Å². The zero-order valence-corrected chi connectivity index (χ0v) is 37.9. The van der Waals surface area contributed by atoms with Gasteiger partial charge in [-0.15, -0.1) is 0 Å². The van der Waals surface area contributed by atoms with Crippen molar-refractivity contribution in [2.45, 2.75) is 219 Å². The van der Waals surface area contributed by atoms with Gasteiger partial charge in [-0.1, -0.05) is 140 Å². The van der Waals surface area contributed by atoms with Crippen molar-refractivity contribution >= 4 is 11.9 Å². The van der Waals surface area contributed by atoms with Crippen LogP contribution < -0.4 is 0 Å². The van der Waals surface area contributed by atoms with Gasteiger partial charge in [0.25, 0.3) is 0 Å². The molecule has 0 rings (SSSR count). The van der Waals surface area contributed by atoms with Crippen LogP contribution in [0.2, 0.25) is 0 Å². The lowest BCUT2D eigenvalue weighted by molar-refractivity contribution is -0.169. The molecule has 0 saturated heterocycles. The molecular formula is C50H92N2O4. The fraction of sp³-hybridized carbons (Fsp3) is 0.800. The number of rotatable bonds is 41. The average Bonchev–Trinajstić information content (AvgIpc) is 3.16. The normalized spacial score (nSPS) is 13.4. The van der Waals surface area contributed by atoms with Gasteiger partial charge < -0.3 is 19.3 Å². The van der Waals surface area contributed by atoms with Crippen molar-refractivity contribution in [2.75, 3.05) is 41.3 Å². The van der Waals surface area contributed by atoms with Gasteiger partial charge in [-0.05, 0) is 144 Å². The first-order valence-electron chi connectivity index (χ1n) is 23.6. The van der Waals surface area contributed by atoms with E-state index in [0.717, 1.165) is 90.1 Å². The number of carbonyl (C=O) groups excluding carboxylic acids is 2. The van der Waals surface area contributed by atoms with Crippen LogP contribution >= 0.6 is 0 Å². The number of hydrogen-bond acceptors (Lipinski definition) is 6. The average molecular weight is 785 g/mol. The van der Waals surface area contributed by atoms with Gasteiger partial charge in [0.05, 0.1) is 0 Å². The first kappa shape index (κ1) is 53.8. The number of carbonyl (C=O) groups is 2. The number of esters is 2. The van der Waals surface area contributed by atoms with Gasteiger partial charge in [-0.25, -0.2) is 0 Å². The van der Waals surface area contributed by atoms with E-state index < -0.39 is 0 Å². The topological polar surface area (TPSA) is 59.1 Å². The molecule has 0 aromatic rings. The molecule has 0 aliphatic carbocycles. The van der Waals surface area contributed by atoms with Crippen molar-refractivity contribution in [3.63, 3.8) is 0 Å². The molecule has 2 atom stereocenters. The summed E-state index contributed by atoms with van der Waals surface area (Å²) < 4.78 is 12.4. The van der Waals surface area contributed by atoms with Crippen molar-refractivity contribution < 1.29 is 19.1 Å². The zero-order chi connectivity index (χ0) is 41.2. The maximum absolute atomic E-state index is 13.1. The van der Waals surface area contributed by atoms with E-state index in [1.165, 1.54) is 103 Å². The molecule has 56 heavy (non-hydrogen) atoms. The second-order valence-corrected chi connectivity index (χ2v) is 16.6. The third-order valence-corrected chi connectivity index (χ3v) is 10.3. The van der Waals surface area contributed by atoms with Crippen molar-refractivity contribution in [2.24, 2.45) is 0 Å². The predicted molar refractivity (Wildman–Crippen MR) is 243 cm³/mol. The fourth-order valence-corrected chi connectivity index (χ4v) is 6.84. The molecule has 0 aromatic carbocycles. The van der Waals surface area contributed by atoms with Crippen LogP contribution in [0, 0.1) is 0 Å². The van der Waals surface area contributed by atoms with Crippen molar-refractivity contribution in [1.82, 2.24) is 9.80 Å². The summed E-state index contributed by atoms with van der Waals surface area (Å²) in [5.41, 5.74) is 0. The van der Waals surface area contributed by atoms with Crippen LogP contribution in [0.15, 0.2) is 48.6 Å². The fourth-order valence-electron chi connectivity index (χ4n) is 6.84. The van der Waals surface area contributed by atoms with Crippen molar-refractivity contribution in [1.29, 1.82) is 0 Å². The molecule has 6 heteroatoms. The number of ether oxygens (including phenoxy) is 2. The number of unbranched alkanes of at least 4 members (excludes halogenated alkanes) is 18. The molecule has 326 valence electrons. The molecule has 0 amide bonds. The van der Waals surface area contributed by atoms with E-state index in [2.05, 4.69) is 72.3 Å². The Labute approximate surface area is 348 Å². The SMILES string of the molecule is CCCCCC=CCC=CCCCCCCCCC(OC(=O)CCCN(C)C)C(CCCCCCCCC=CCC=CCCCCC)OC(=O)CCCN(C)C. The quantitative estimate of drug-likeness (QED) is 0.0350. The van der Waals surface area contributed by atoms with Crippen molar-refractivity contribution in [3.8, 4) is 0 Å². The first-order chi connectivity index (χ1) is 27.3. The number of nitrogens with zero attached hydrogens (tertiary/aromatic N) is 2. The summed E-state index contributed by atoms with van der Waals surface area (Å²) in [6.45, 7) is 6.21. The standard InChI is InChI=1S/C50H92N2O4/c1-7-9-11-13-15-17-19-21-23-25-27-29-31-33-35-37-41-47(55-49(53)43-39-45-51(3)4)48(56-50(54)44-40-46-52(5)6)42-38-36-34-32-30-28-26-24-22-20-18-16-14-12-10-8-2/h15-18,21-24,47-48H,7-14,19-20,25-46H2,1-6H3. The third-order valence-electron chi connectivity index (χ3n) is 10.3. The second-order valence-electron chi connectivity index (χ2n) is 16.6. The zero-order valence-electron chi connectivity index (χ0n) is 37.9. The van der Waals surface area contributed by atoms with Gasteiger partial charge in [0.2, 0.25) is 0 Å². The smallest absolute Gasteiger partial charge is 0.306 e. The summed E-state index contributed by atoms with van der Waals surface area (Å²) in [6.07, 6.45) is 50.3. The van der Waals surface area contributed by atoms with Crippen LogP contribution in [-0.2, 0) is 19.1 Å². The Balaban J connectivity index is 4.90. The molecule has 0 saturated carbocycles. The Kier molecular flexibility index (Phi) is 40.8. The highest BCUT2D eigenvalue weighted by molar-refractivity contribution is 5.70. The molecule has 0 N–H and O–H groups in total. The minimum Gasteiger partial charge on any atom is -0.458 e. The first-order valence-corrected chi connectivity index (χ1v) is 23.6. The maximum atomic E-state index is 13.1. The lowest BCUT2D eigenvalue weighted by Crippen LogP contribution is -2.36. The molecule has 0 aliphatic heterocycles. The molecule has 0 aromatic heterocycles. The molecule has 6 nitrogen and oxygen atoms in total. The summed E-state index contributed by atoms with van der Waals surface area (Å²) in [5, 5.41) is 0. The van der Waals surface area contributed by atoms with Gasteiger partial charge in [0.15, 0.2) is 0 Å². The van der Waals surface area contributed by atoms with Gasteiger partial charge >= 0.3 is 11.9 Å². The van der Waals surface area contributed by atoms with E-state index in [-0.39, 0.29) is 24.1 Å². The molecule has 0 radical (unpaired) electrons. The Hall–Kier alpha value is -2.18. The summed E-state index contributed by atoms with van der Waals surface area (Å²) >= 11 is 0. The number of allylic oxidation sites excluding steroid dienone is 8. The Morgan fingerprint density at radius 3 is 1.04 bits per heavy atom. The van der Waals surface area contributed by atoms with Gasteiger partial charge in [-0.3, -0.25) is 9.59 Å². The highest BCUT2D eigenvalue weighted by Crippen LogP contribution is 2.22. The van der Waals surface area contributed by atoms with Crippen LogP contribution in [0.25, 0.3) is 0 Å². The lowest BCUT2D eigenvalue weighted by atomic mass is 9.98. The van der Waals surface area contributed by atoms with Gasteiger partial charge in [-0.2, -0.15) is 0 Å². The summed E-state index contributed by atoms with van der Waals surface area (Å²) in [5.74, 6) is -0.329. The minimum atomic E-state index is -0.372. The highest BCUT2D eigenvalue weighted by atomic mass is 16.6. The Bertz CT molecular complexity index is 908. The van der Waals surface area contributed by atoms with E-state index in [9.17, 15) is 9.59 Å². The Morgan fingerprint density at radius 2 is 0.714 bits per heavy atom. The van der Waals surface area contributed by atoms with Crippen LogP contribution in [0.4, 0.5) is 0 Å². The summed E-state index contributed by atoms with van der Waals surface area (Å²) in [7, 11) is 8.10. The van der Waals surface area contributed by atoms with Crippen LogP contribution in [0.3, 0.4) is 0 Å². The van der Waals surface area contributed by atoms with Crippen LogP contribution in [0.1, 0.15) is 206 Å². The van der Waals surface area contributed by atoms with Crippen molar-refractivity contribution in [3.05, 3.63) is 48.6 Å². The predicted octanol–water partition coefficient (Wildman–Crippen LogP) is 13.9. The van der Waals surface area contributed by atoms with E-state index >= 15 is 0 Å². The third kappa shape index (κ3) is 40.0. The highest BCUT2D eigenvalue weighted by Gasteiger charge is 2.28. The summed E-state index contributed by atoms with van der Waals surface area (Å²) in [4.78, 5) is 30.3. The lowest BCUT2D eigenvalue weighted by Gasteiger charge is -2.28. The molecule has 0 bridgehead atoms. The summed E-state index contributed by atoms with van der Waals surface area (Å²) in [6, 6.07) is 0. The van der Waals surface area contributed by atoms with Crippen LogP contribution in [-0.4, -0.2) is 75.2 Å². The monoisotopic (exact) mass is 785 g/mol. The maximum Gasteiger partial charge on any atom is 0.306 e. The van der Waals surface area contributed by atoms with E-state index in [0.29, 0.717) is 12.8 Å². The van der Waals surface area contributed by atoms with Gasteiger partial charge in [0.1, 0.15) is 12.2 Å². The molecule has 0 fully saturated rings. The molecule has 0 aliphatic rings. The van der Waals surface area contributed by atoms with Gasteiger partial charge in [0, 0.05) is 12.8 Å². The largest absolute Gasteiger partial charge is 0.458 e. The Morgan fingerprint density at radius 1 is 0.411 bits per heavy atom. The minimum absolute atomic E-state index is 0.164. The van der Waals surface area contributed by atoms with E-state index in [1.807, 2.05) is 28.2 Å². The number of hydrogen-bond donors (Lipinski definition) is 0. The molecule has 2 unspecified atom stereocenters. The molecule has 0 heterocycles. The molecular weight excluding hydrogens is 693 g/mol. The second kappa shape index (κ2) is 42.4. The molecule has 0 spiro atoms. The van der Waals surface area contributed by atoms with Crippen LogP contribution in [0.5, 0.6) is 0 Å².